The molecular weight excluding hydrogens is 418 g/mol. The number of sulfonamides is 1. The number of rotatable bonds is 6. The highest BCUT2D eigenvalue weighted by Crippen LogP contribution is 2.23. The van der Waals surface area contributed by atoms with Crippen LogP contribution in [-0.2, 0) is 10.0 Å². The van der Waals surface area contributed by atoms with Crippen molar-refractivity contribution in [3.8, 4) is 11.4 Å². The second-order valence-electron chi connectivity index (χ2n) is 7.21. The molecule has 0 spiro atoms. The standard InChI is InChI=1S/C21H23N5O4S/c1-30-19-6-8-20(9-7-19)31(28,29)25-12-10-17(11-13-25)24-21(27)16-2-4-18(5-3-16)26-15-22-14-23-26/h2-9,14-15,17H,10-13H2,1H3,(H,24,27). The van der Waals surface area contributed by atoms with Gasteiger partial charge >= 0.3 is 0 Å². The predicted octanol–water partition coefficient (Wildman–Crippen LogP) is 1.86. The molecule has 162 valence electrons. The number of benzene rings is 2. The summed E-state index contributed by atoms with van der Waals surface area (Å²) in [6.45, 7) is 0.703. The van der Waals surface area contributed by atoms with Gasteiger partial charge in [-0.1, -0.05) is 0 Å². The molecule has 1 aliphatic heterocycles. The van der Waals surface area contributed by atoms with E-state index in [1.165, 1.54) is 17.7 Å². The molecule has 0 atom stereocenters. The molecule has 4 rings (SSSR count). The van der Waals surface area contributed by atoms with Gasteiger partial charge in [-0.2, -0.15) is 9.40 Å². The zero-order valence-corrected chi connectivity index (χ0v) is 17.8. The van der Waals surface area contributed by atoms with Crippen molar-refractivity contribution in [3.63, 3.8) is 0 Å². The van der Waals surface area contributed by atoms with Crippen LogP contribution in [0.15, 0.2) is 66.1 Å². The van der Waals surface area contributed by atoms with E-state index in [1.54, 1.807) is 59.5 Å². The molecule has 1 aromatic heterocycles. The first-order valence-corrected chi connectivity index (χ1v) is 11.3. The van der Waals surface area contributed by atoms with Gasteiger partial charge in [-0.15, -0.1) is 0 Å². The number of nitrogens with one attached hydrogen (secondary N) is 1. The SMILES string of the molecule is COc1ccc(S(=O)(=O)N2CCC(NC(=O)c3ccc(-n4cncn4)cc3)CC2)cc1. The maximum Gasteiger partial charge on any atom is 0.251 e. The first kappa shape index (κ1) is 21.0. The summed E-state index contributed by atoms with van der Waals surface area (Å²) >= 11 is 0. The predicted molar refractivity (Wildman–Crippen MR) is 114 cm³/mol. The van der Waals surface area contributed by atoms with Gasteiger partial charge in [-0.3, -0.25) is 4.79 Å². The van der Waals surface area contributed by atoms with Crippen LogP contribution in [0.5, 0.6) is 5.75 Å². The van der Waals surface area contributed by atoms with Crippen LogP contribution in [0, 0.1) is 0 Å². The van der Waals surface area contributed by atoms with E-state index in [0.717, 1.165) is 5.69 Å². The van der Waals surface area contributed by atoms with E-state index in [2.05, 4.69) is 15.4 Å². The second-order valence-corrected chi connectivity index (χ2v) is 9.15. The Morgan fingerprint density at radius 1 is 1.06 bits per heavy atom. The van der Waals surface area contributed by atoms with Crippen molar-refractivity contribution in [2.75, 3.05) is 20.2 Å². The summed E-state index contributed by atoms with van der Waals surface area (Å²) < 4.78 is 33.9. The second kappa shape index (κ2) is 8.86. The summed E-state index contributed by atoms with van der Waals surface area (Å²) in [7, 11) is -2.03. The van der Waals surface area contributed by atoms with Gasteiger partial charge in [0, 0.05) is 24.7 Å². The van der Waals surface area contributed by atoms with Crippen LogP contribution in [0.1, 0.15) is 23.2 Å². The summed E-state index contributed by atoms with van der Waals surface area (Å²) in [5.41, 5.74) is 1.35. The highest BCUT2D eigenvalue weighted by Gasteiger charge is 2.30. The van der Waals surface area contributed by atoms with Gasteiger partial charge in [0.05, 0.1) is 17.7 Å². The van der Waals surface area contributed by atoms with Gasteiger partial charge in [0.2, 0.25) is 10.0 Å². The Hall–Kier alpha value is -3.24. The fraction of sp³-hybridized carbons (Fsp3) is 0.286. The van der Waals surface area contributed by atoms with E-state index in [-0.39, 0.29) is 16.8 Å². The lowest BCUT2D eigenvalue weighted by Gasteiger charge is -2.31. The average molecular weight is 442 g/mol. The van der Waals surface area contributed by atoms with Gasteiger partial charge in [-0.05, 0) is 61.4 Å². The quantitative estimate of drug-likeness (QED) is 0.626. The lowest BCUT2D eigenvalue weighted by atomic mass is 10.1. The molecule has 9 nitrogen and oxygen atoms in total. The molecule has 0 aliphatic carbocycles. The molecule has 1 fully saturated rings. The molecule has 3 aromatic rings. The number of carbonyl (C=O) groups is 1. The van der Waals surface area contributed by atoms with Gasteiger partial charge in [0.25, 0.3) is 5.91 Å². The third-order valence-electron chi connectivity index (χ3n) is 5.30. The van der Waals surface area contributed by atoms with Gasteiger partial charge in [0.1, 0.15) is 18.4 Å². The Kier molecular flexibility index (Phi) is 6.01. The van der Waals surface area contributed by atoms with Crippen LogP contribution in [0.3, 0.4) is 0 Å². The van der Waals surface area contributed by atoms with E-state index in [4.69, 9.17) is 4.74 Å². The number of hydrogen-bond acceptors (Lipinski definition) is 6. The van der Waals surface area contributed by atoms with E-state index in [9.17, 15) is 13.2 Å². The Morgan fingerprint density at radius 2 is 1.74 bits per heavy atom. The zero-order chi connectivity index (χ0) is 21.8. The maximum atomic E-state index is 12.9. The molecule has 2 aromatic carbocycles. The Labute approximate surface area is 180 Å². The Balaban J connectivity index is 1.33. The largest absolute Gasteiger partial charge is 0.497 e. The number of aromatic nitrogens is 3. The summed E-state index contributed by atoms with van der Waals surface area (Å²) in [6, 6.07) is 13.3. The molecule has 0 bridgehead atoms. The minimum absolute atomic E-state index is 0.0789. The molecule has 1 amide bonds. The molecule has 0 saturated carbocycles. The fourth-order valence-electron chi connectivity index (χ4n) is 3.51. The molecule has 1 aliphatic rings. The number of methoxy groups -OCH3 is 1. The number of amides is 1. The van der Waals surface area contributed by atoms with Crippen LogP contribution in [0.4, 0.5) is 0 Å². The highest BCUT2D eigenvalue weighted by atomic mass is 32.2. The first-order chi connectivity index (χ1) is 15.0. The topological polar surface area (TPSA) is 106 Å². The minimum atomic E-state index is -3.57. The number of piperidine rings is 1. The normalized spacial score (nSPS) is 15.5. The van der Waals surface area contributed by atoms with E-state index in [1.807, 2.05) is 0 Å². The number of ether oxygens (including phenoxy) is 1. The van der Waals surface area contributed by atoms with Gasteiger partial charge in [0.15, 0.2) is 0 Å². The highest BCUT2D eigenvalue weighted by molar-refractivity contribution is 7.89. The molecule has 10 heteroatoms. The third kappa shape index (κ3) is 4.59. The lowest BCUT2D eigenvalue weighted by Crippen LogP contribution is -2.46. The molecule has 31 heavy (non-hydrogen) atoms. The van der Waals surface area contributed by atoms with Crippen LogP contribution in [-0.4, -0.2) is 59.6 Å². The van der Waals surface area contributed by atoms with E-state index >= 15 is 0 Å². The molecule has 1 saturated heterocycles. The van der Waals surface area contributed by atoms with Crippen molar-refractivity contribution < 1.29 is 17.9 Å². The molecular formula is C21H23N5O4S. The van der Waals surface area contributed by atoms with Crippen LogP contribution >= 0.6 is 0 Å². The number of carbonyl (C=O) groups excluding carboxylic acids is 1. The summed E-state index contributed by atoms with van der Waals surface area (Å²) in [5, 5.41) is 7.06. The molecule has 0 radical (unpaired) electrons. The van der Waals surface area contributed by atoms with Crippen molar-refractivity contribution in [1.82, 2.24) is 24.4 Å². The van der Waals surface area contributed by atoms with E-state index < -0.39 is 10.0 Å². The van der Waals surface area contributed by atoms with Crippen molar-refractivity contribution in [1.29, 1.82) is 0 Å². The van der Waals surface area contributed by atoms with Crippen molar-refractivity contribution in [2.24, 2.45) is 0 Å². The van der Waals surface area contributed by atoms with Crippen molar-refractivity contribution in [2.45, 2.75) is 23.8 Å². The van der Waals surface area contributed by atoms with Crippen LogP contribution in [0.2, 0.25) is 0 Å². The Bertz CT molecular complexity index is 1120. The molecule has 0 unspecified atom stereocenters. The van der Waals surface area contributed by atoms with Crippen LogP contribution < -0.4 is 10.1 Å². The van der Waals surface area contributed by atoms with Crippen molar-refractivity contribution in [3.05, 3.63) is 66.7 Å². The maximum absolute atomic E-state index is 12.9. The minimum Gasteiger partial charge on any atom is -0.497 e. The molecule has 1 N–H and O–H groups in total. The van der Waals surface area contributed by atoms with Crippen LogP contribution in [0.25, 0.3) is 5.69 Å². The first-order valence-electron chi connectivity index (χ1n) is 9.87. The van der Waals surface area contributed by atoms with Gasteiger partial charge < -0.3 is 10.1 Å². The van der Waals surface area contributed by atoms with Crippen molar-refractivity contribution >= 4 is 15.9 Å². The third-order valence-corrected chi connectivity index (χ3v) is 7.21. The number of hydrogen-bond donors (Lipinski definition) is 1. The summed E-state index contributed by atoms with van der Waals surface area (Å²) in [4.78, 5) is 16.7. The number of nitrogens with zero attached hydrogens (tertiary/aromatic N) is 4. The smallest absolute Gasteiger partial charge is 0.251 e. The Morgan fingerprint density at radius 3 is 2.32 bits per heavy atom. The zero-order valence-electron chi connectivity index (χ0n) is 17.0. The van der Waals surface area contributed by atoms with E-state index in [0.29, 0.717) is 37.2 Å². The monoisotopic (exact) mass is 441 g/mol. The lowest BCUT2D eigenvalue weighted by molar-refractivity contribution is 0.0924. The molecule has 2 heterocycles. The summed E-state index contributed by atoms with van der Waals surface area (Å²) in [6.07, 6.45) is 4.14. The average Bonchev–Trinajstić information content (AvgIpc) is 3.34. The van der Waals surface area contributed by atoms with Gasteiger partial charge in [-0.25, -0.2) is 18.1 Å². The fourth-order valence-corrected chi connectivity index (χ4v) is 4.98. The summed E-state index contributed by atoms with van der Waals surface area (Å²) in [5.74, 6) is 0.427.